The summed E-state index contributed by atoms with van der Waals surface area (Å²) in [6.07, 6.45) is 0. The molecule has 0 amide bonds. The molecule has 0 N–H and O–H groups in total. The summed E-state index contributed by atoms with van der Waals surface area (Å²) in [5, 5.41) is 0. The second-order valence-corrected chi connectivity index (χ2v) is 15.9. The summed E-state index contributed by atoms with van der Waals surface area (Å²) in [4.78, 5) is 41.0. The Morgan fingerprint density at radius 2 is 0.543 bits per heavy atom. The maximum atomic E-state index is 13.7. The van der Waals surface area contributed by atoms with Crippen LogP contribution in [0.25, 0.3) is 0 Å². The van der Waals surface area contributed by atoms with Gasteiger partial charge in [-0.1, -0.05) is 83.1 Å². The first-order valence-electron chi connectivity index (χ1n) is 16.5. The number of ether oxygens (including phenoxy) is 6. The molecule has 0 spiro atoms. The molecule has 0 rings (SSSR count). The SMILES string of the molecule is CC(C)COC(C)(OCC(C)C)C(=O)[O][Al]([O]C(=O)C(C)(OCC(C)C)OCC(C)C)[O]C(=O)C(C)(OCC(C)C)OCC(C)C. The summed E-state index contributed by atoms with van der Waals surface area (Å²) < 4.78 is 52.1. The van der Waals surface area contributed by atoms with E-state index in [2.05, 4.69) is 0 Å². The summed E-state index contributed by atoms with van der Waals surface area (Å²) in [6, 6.07) is 0. The van der Waals surface area contributed by atoms with Gasteiger partial charge in [-0.2, -0.15) is 0 Å². The fourth-order valence-electron chi connectivity index (χ4n) is 3.09. The van der Waals surface area contributed by atoms with Crippen LogP contribution in [0.15, 0.2) is 0 Å². The molecule has 0 aromatic heterocycles. The van der Waals surface area contributed by atoms with E-state index in [1.165, 1.54) is 20.8 Å². The van der Waals surface area contributed by atoms with Gasteiger partial charge in [0.1, 0.15) is 0 Å². The summed E-state index contributed by atoms with van der Waals surface area (Å²) in [6.45, 7) is 28.3. The molecule has 0 heterocycles. The molecule has 270 valence electrons. The van der Waals surface area contributed by atoms with Crippen molar-refractivity contribution in [2.45, 2.75) is 121 Å². The summed E-state index contributed by atoms with van der Waals surface area (Å²) >= 11 is -4.03. The number of carbonyl (C=O) groups excluding carboxylic acids is 3. The highest BCUT2D eigenvalue weighted by Crippen LogP contribution is 2.24. The van der Waals surface area contributed by atoms with Crippen molar-refractivity contribution in [3.8, 4) is 0 Å². The van der Waals surface area contributed by atoms with E-state index in [4.69, 9.17) is 39.8 Å². The van der Waals surface area contributed by atoms with Crippen molar-refractivity contribution in [1.82, 2.24) is 0 Å². The van der Waals surface area contributed by atoms with E-state index < -0.39 is 50.4 Å². The molecule has 13 heteroatoms. The fourth-order valence-corrected chi connectivity index (χ4v) is 4.40. The van der Waals surface area contributed by atoms with Gasteiger partial charge in [0.05, 0.1) is 39.6 Å². The average Bonchev–Trinajstić information content (AvgIpc) is 2.94. The van der Waals surface area contributed by atoms with E-state index in [0.717, 1.165) is 0 Å². The smallest absolute Gasteiger partial charge is 0.547 e. The Kier molecular flexibility index (Phi) is 20.3. The highest BCUT2D eigenvalue weighted by Gasteiger charge is 2.58. The van der Waals surface area contributed by atoms with E-state index in [-0.39, 0.29) is 75.1 Å². The lowest BCUT2D eigenvalue weighted by molar-refractivity contribution is -0.251. The minimum absolute atomic E-state index is 0.0623. The van der Waals surface area contributed by atoms with Gasteiger partial charge in [-0.15, -0.1) is 0 Å². The van der Waals surface area contributed by atoms with Crippen molar-refractivity contribution >= 4 is 33.1 Å². The molecule has 0 bridgehead atoms. The molecule has 0 unspecified atom stereocenters. The lowest BCUT2D eigenvalue weighted by atomic mass is 10.2. The zero-order valence-electron chi connectivity index (χ0n) is 31.2. The monoisotopic (exact) mass is 678 g/mol. The number of hydrogen-bond donors (Lipinski definition) is 0. The van der Waals surface area contributed by atoms with Gasteiger partial charge in [0.15, 0.2) is 0 Å². The molecule has 0 saturated carbocycles. The first-order valence-corrected chi connectivity index (χ1v) is 17.9. The highest BCUT2D eigenvalue weighted by atomic mass is 27.3. The zero-order chi connectivity index (χ0) is 35.9. The lowest BCUT2D eigenvalue weighted by Gasteiger charge is -2.33. The molecule has 0 fully saturated rings. The van der Waals surface area contributed by atoms with Gasteiger partial charge < -0.3 is 39.8 Å². The predicted octanol–water partition coefficient (Wildman–Crippen LogP) is 5.79. The topological polar surface area (TPSA) is 134 Å². The van der Waals surface area contributed by atoms with Crippen LogP contribution in [0.1, 0.15) is 104 Å². The van der Waals surface area contributed by atoms with E-state index in [1.807, 2.05) is 83.1 Å². The molecule has 0 aliphatic heterocycles. The minimum Gasteiger partial charge on any atom is -0.547 e. The molecule has 0 atom stereocenters. The Bertz CT molecular complexity index is 753. The van der Waals surface area contributed by atoms with E-state index in [1.54, 1.807) is 0 Å². The van der Waals surface area contributed by atoms with Gasteiger partial charge in [0.2, 0.25) is 0 Å². The van der Waals surface area contributed by atoms with Gasteiger partial charge in [0, 0.05) is 20.8 Å². The Labute approximate surface area is 283 Å². The van der Waals surface area contributed by atoms with Crippen LogP contribution in [-0.4, -0.2) is 90.1 Å². The number of hydrogen-bond acceptors (Lipinski definition) is 12. The second-order valence-electron chi connectivity index (χ2n) is 14.6. The molecule has 0 aromatic rings. The normalized spacial score (nSPS) is 13.0. The van der Waals surface area contributed by atoms with Crippen molar-refractivity contribution < 1.29 is 54.2 Å². The lowest BCUT2D eigenvalue weighted by Crippen LogP contribution is -2.53. The number of rotatable bonds is 24. The Balaban J connectivity index is 6.58. The first kappa shape index (κ1) is 44.7. The second kappa shape index (κ2) is 20.9. The van der Waals surface area contributed by atoms with Gasteiger partial charge in [-0.05, 0) is 35.5 Å². The van der Waals surface area contributed by atoms with Crippen LogP contribution in [0.5, 0.6) is 0 Å². The van der Waals surface area contributed by atoms with Crippen LogP contribution < -0.4 is 0 Å². The van der Waals surface area contributed by atoms with Gasteiger partial charge >= 0.3 is 33.1 Å². The van der Waals surface area contributed by atoms with Crippen molar-refractivity contribution in [3.05, 3.63) is 0 Å². The molecule has 0 aliphatic carbocycles. The highest BCUT2D eigenvalue weighted by molar-refractivity contribution is 6.44. The molecular weight excluding hydrogens is 615 g/mol. The Morgan fingerprint density at radius 1 is 0.391 bits per heavy atom. The molecule has 0 aromatic carbocycles. The third kappa shape index (κ3) is 17.7. The maximum Gasteiger partial charge on any atom is 1.20 e. The quantitative estimate of drug-likeness (QED) is 0.0904. The fraction of sp³-hybridized carbons (Fsp3) is 0.909. The van der Waals surface area contributed by atoms with E-state index in [0.29, 0.717) is 0 Å². The van der Waals surface area contributed by atoms with Crippen molar-refractivity contribution in [2.75, 3.05) is 39.6 Å². The largest absolute Gasteiger partial charge is 1.20 e. The third-order valence-electron chi connectivity index (χ3n) is 5.87. The van der Waals surface area contributed by atoms with Gasteiger partial charge in [-0.3, -0.25) is 0 Å². The van der Waals surface area contributed by atoms with E-state index >= 15 is 0 Å². The van der Waals surface area contributed by atoms with Crippen molar-refractivity contribution in [1.29, 1.82) is 0 Å². The molecular formula is C33H63AlO12. The van der Waals surface area contributed by atoms with Crippen LogP contribution in [0, 0.1) is 35.5 Å². The third-order valence-corrected chi connectivity index (χ3v) is 7.09. The molecule has 0 aliphatic rings. The number of carbonyl (C=O) groups is 3. The average molecular weight is 679 g/mol. The summed E-state index contributed by atoms with van der Waals surface area (Å²) in [5.74, 6) is -8.33. The maximum absolute atomic E-state index is 13.7. The Morgan fingerprint density at radius 3 is 0.674 bits per heavy atom. The van der Waals surface area contributed by atoms with Crippen LogP contribution in [-0.2, 0) is 54.2 Å². The predicted molar refractivity (Wildman–Crippen MR) is 174 cm³/mol. The zero-order valence-corrected chi connectivity index (χ0v) is 32.3. The molecule has 46 heavy (non-hydrogen) atoms. The van der Waals surface area contributed by atoms with Crippen molar-refractivity contribution in [2.24, 2.45) is 35.5 Å². The standard InChI is InChI=1S/3C11H22O4.Al/c3*1-8(2)6-14-11(5,10(12)13)15-7-9(3)4;/h3*8-9H,6-7H2,1-5H3,(H,12,13);/q;;;+3/p-3. The van der Waals surface area contributed by atoms with Crippen LogP contribution >= 0.6 is 0 Å². The summed E-state index contributed by atoms with van der Waals surface area (Å²) in [7, 11) is 0. The Hall–Kier alpha value is -1.30. The van der Waals surface area contributed by atoms with Gasteiger partial charge in [0.25, 0.3) is 17.4 Å². The molecule has 12 nitrogen and oxygen atoms in total. The van der Waals surface area contributed by atoms with Crippen molar-refractivity contribution in [3.63, 3.8) is 0 Å². The first-order chi connectivity index (χ1) is 21.0. The van der Waals surface area contributed by atoms with E-state index in [9.17, 15) is 14.4 Å². The van der Waals surface area contributed by atoms with Crippen LogP contribution in [0.2, 0.25) is 0 Å². The molecule has 0 saturated heterocycles. The van der Waals surface area contributed by atoms with Gasteiger partial charge in [-0.25, -0.2) is 14.4 Å². The molecule has 0 radical (unpaired) electrons. The minimum atomic E-state index is -4.03. The van der Waals surface area contributed by atoms with Crippen LogP contribution in [0.3, 0.4) is 0 Å². The van der Waals surface area contributed by atoms with Crippen LogP contribution in [0.4, 0.5) is 0 Å². The summed E-state index contributed by atoms with van der Waals surface area (Å²) in [5.41, 5.74) is 0.